The van der Waals surface area contributed by atoms with E-state index in [0.717, 1.165) is 16.9 Å². The number of nitrogens with two attached hydrogens (primary N) is 1. The van der Waals surface area contributed by atoms with Gasteiger partial charge in [-0.1, -0.05) is 23.2 Å². The van der Waals surface area contributed by atoms with Crippen molar-refractivity contribution in [2.75, 3.05) is 0 Å². The quantitative estimate of drug-likeness (QED) is 0.907. The van der Waals surface area contributed by atoms with Gasteiger partial charge in [0, 0.05) is 17.3 Å². The summed E-state index contributed by atoms with van der Waals surface area (Å²) in [6.45, 7) is 3.91. The van der Waals surface area contributed by atoms with Crippen LogP contribution >= 0.6 is 23.2 Å². The highest BCUT2D eigenvalue weighted by Crippen LogP contribution is 2.26. The summed E-state index contributed by atoms with van der Waals surface area (Å²) in [5, 5.41) is 5.36. The van der Waals surface area contributed by atoms with Crippen molar-refractivity contribution in [1.82, 2.24) is 9.78 Å². The number of hydrogen-bond acceptors (Lipinski definition) is 2. The maximum atomic E-state index is 5.99. The fourth-order valence-electron chi connectivity index (χ4n) is 1.75. The topological polar surface area (TPSA) is 43.8 Å². The van der Waals surface area contributed by atoms with E-state index in [1.54, 1.807) is 23.0 Å². The van der Waals surface area contributed by atoms with Crippen LogP contribution in [0.1, 0.15) is 24.2 Å². The number of nitrogens with zero attached hydrogens (tertiary/aromatic N) is 2. The van der Waals surface area contributed by atoms with Crippen LogP contribution < -0.4 is 5.73 Å². The number of halogens is 2. The molecule has 2 aromatic rings. The Hall–Kier alpha value is -1.03. The third-order valence-corrected chi connectivity index (χ3v) is 3.43. The molecule has 1 unspecified atom stereocenters. The molecule has 90 valence electrons. The second kappa shape index (κ2) is 4.69. The van der Waals surface area contributed by atoms with E-state index in [2.05, 4.69) is 5.10 Å². The first-order valence-electron chi connectivity index (χ1n) is 5.26. The SMILES string of the molecule is Cc1c(C(C)N)cnn1-c1ccc(Cl)c(Cl)c1. The van der Waals surface area contributed by atoms with Crippen LogP contribution in [0.4, 0.5) is 0 Å². The Balaban J connectivity index is 2.50. The van der Waals surface area contributed by atoms with Gasteiger partial charge in [0.1, 0.15) is 0 Å². The minimum Gasteiger partial charge on any atom is -0.324 e. The van der Waals surface area contributed by atoms with Crippen molar-refractivity contribution in [3.63, 3.8) is 0 Å². The van der Waals surface area contributed by atoms with Crippen molar-refractivity contribution < 1.29 is 0 Å². The maximum absolute atomic E-state index is 5.99. The summed E-state index contributed by atoms with van der Waals surface area (Å²) in [5.74, 6) is 0. The lowest BCUT2D eigenvalue weighted by molar-refractivity contribution is 0.797. The number of rotatable bonds is 2. The Morgan fingerprint density at radius 3 is 2.53 bits per heavy atom. The second-order valence-corrected chi connectivity index (χ2v) is 4.80. The molecule has 0 amide bonds. The summed E-state index contributed by atoms with van der Waals surface area (Å²) in [6, 6.07) is 5.38. The molecule has 5 heteroatoms. The van der Waals surface area contributed by atoms with E-state index in [1.807, 2.05) is 19.9 Å². The van der Waals surface area contributed by atoms with Crippen LogP contribution in [0.15, 0.2) is 24.4 Å². The van der Waals surface area contributed by atoms with E-state index in [-0.39, 0.29) is 6.04 Å². The minimum atomic E-state index is -0.0356. The number of hydrogen-bond donors (Lipinski definition) is 1. The first-order valence-corrected chi connectivity index (χ1v) is 6.02. The summed E-state index contributed by atoms with van der Waals surface area (Å²) in [6.07, 6.45) is 1.78. The van der Waals surface area contributed by atoms with Gasteiger partial charge < -0.3 is 5.73 Å². The fourth-order valence-corrected chi connectivity index (χ4v) is 2.04. The second-order valence-electron chi connectivity index (χ2n) is 3.98. The van der Waals surface area contributed by atoms with Gasteiger partial charge >= 0.3 is 0 Å². The van der Waals surface area contributed by atoms with Gasteiger partial charge in [-0.25, -0.2) is 4.68 Å². The van der Waals surface area contributed by atoms with Crippen molar-refractivity contribution in [3.8, 4) is 5.69 Å². The fraction of sp³-hybridized carbons (Fsp3) is 0.250. The molecule has 1 aromatic carbocycles. The highest BCUT2D eigenvalue weighted by atomic mass is 35.5. The zero-order valence-corrected chi connectivity index (χ0v) is 11.1. The first kappa shape index (κ1) is 12.4. The molecule has 1 heterocycles. The van der Waals surface area contributed by atoms with Gasteiger partial charge in [0.15, 0.2) is 0 Å². The van der Waals surface area contributed by atoms with Crippen molar-refractivity contribution >= 4 is 23.2 Å². The van der Waals surface area contributed by atoms with Gasteiger partial charge in [-0.15, -0.1) is 0 Å². The van der Waals surface area contributed by atoms with Crippen LogP contribution in [0.5, 0.6) is 0 Å². The predicted octanol–water partition coefficient (Wildman–Crippen LogP) is 3.51. The third-order valence-electron chi connectivity index (χ3n) is 2.69. The monoisotopic (exact) mass is 269 g/mol. The van der Waals surface area contributed by atoms with E-state index in [1.165, 1.54) is 0 Å². The Morgan fingerprint density at radius 1 is 1.29 bits per heavy atom. The van der Waals surface area contributed by atoms with E-state index >= 15 is 0 Å². The van der Waals surface area contributed by atoms with Gasteiger partial charge in [-0.05, 0) is 32.0 Å². The molecule has 0 bridgehead atoms. The molecule has 0 aliphatic heterocycles. The molecular weight excluding hydrogens is 257 g/mol. The van der Waals surface area contributed by atoms with Crippen molar-refractivity contribution in [3.05, 3.63) is 45.7 Å². The molecule has 2 rings (SSSR count). The van der Waals surface area contributed by atoms with Gasteiger partial charge in [0.25, 0.3) is 0 Å². The molecule has 1 atom stereocenters. The predicted molar refractivity (Wildman–Crippen MR) is 70.9 cm³/mol. The molecule has 0 fully saturated rings. The molecule has 0 aliphatic carbocycles. The minimum absolute atomic E-state index is 0.0356. The zero-order chi connectivity index (χ0) is 12.6. The highest BCUT2D eigenvalue weighted by Gasteiger charge is 2.11. The van der Waals surface area contributed by atoms with E-state index < -0.39 is 0 Å². The highest BCUT2D eigenvalue weighted by molar-refractivity contribution is 6.42. The molecule has 0 aliphatic rings. The molecule has 2 N–H and O–H groups in total. The van der Waals surface area contributed by atoms with Crippen LogP contribution in [-0.2, 0) is 0 Å². The van der Waals surface area contributed by atoms with Crippen LogP contribution in [0, 0.1) is 6.92 Å². The van der Waals surface area contributed by atoms with Crippen LogP contribution in [0.3, 0.4) is 0 Å². The third kappa shape index (κ3) is 2.32. The van der Waals surface area contributed by atoms with Crippen LogP contribution in [-0.4, -0.2) is 9.78 Å². The lowest BCUT2D eigenvalue weighted by Crippen LogP contribution is -2.07. The molecule has 0 saturated heterocycles. The van der Waals surface area contributed by atoms with Crippen molar-refractivity contribution in [1.29, 1.82) is 0 Å². The Bertz CT molecular complexity index is 547. The van der Waals surface area contributed by atoms with E-state index in [9.17, 15) is 0 Å². The van der Waals surface area contributed by atoms with Gasteiger partial charge in [-0.2, -0.15) is 5.10 Å². The van der Waals surface area contributed by atoms with Crippen LogP contribution in [0.25, 0.3) is 5.69 Å². The lowest BCUT2D eigenvalue weighted by atomic mass is 10.1. The average molecular weight is 270 g/mol. The average Bonchev–Trinajstić information content (AvgIpc) is 2.64. The van der Waals surface area contributed by atoms with Crippen molar-refractivity contribution in [2.24, 2.45) is 5.73 Å². The molecule has 17 heavy (non-hydrogen) atoms. The van der Waals surface area contributed by atoms with Gasteiger partial charge in [0.2, 0.25) is 0 Å². The molecule has 3 nitrogen and oxygen atoms in total. The molecule has 0 radical (unpaired) electrons. The van der Waals surface area contributed by atoms with Gasteiger partial charge in [-0.3, -0.25) is 0 Å². The van der Waals surface area contributed by atoms with E-state index in [4.69, 9.17) is 28.9 Å². The normalized spacial score (nSPS) is 12.8. The number of benzene rings is 1. The smallest absolute Gasteiger partial charge is 0.0664 e. The Labute approximate surface area is 110 Å². The summed E-state index contributed by atoms with van der Waals surface area (Å²) in [4.78, 5) is 0. The lowest BCUT2D eigenvalue weighted by Gasteiger charge is -2.08. The summed E-state index contributed by atoms with van der Waals surface area (Å²) in [5.41, 5.74) is 8.77. The summed E-state index contributed by atoms with van der Waals surface area (Å²) >= 11 is 11.9. The van der Waals surface area contributed by atoms with E-state index in [0.29, 0.717) is 10.0 Å². The molecule has 0 saturated carbocycles. The van der Waals surface area contributed by atoms with Crippen LogP contribution in [0.2, 0.25) is 10.0 Å². The maximum Gasteiger partial charge on any atom is 0.0664 e. The summed E-state index contributed by atoms with van der Waals surface area (Å²) < 4.78 is 1.81. The van der Waals surface area contributed by atoms with Crippen molar-refractivity contribution in [2.45, 2.75) is 19.9 Å². The Morgan fingerprint density at radius 2 is 2.00 bits per heavy atom. The standard InChI is InChI=1S/C12H13Cl2N3/c1-7(15)10-6-16-17(8(10)2)9-3-4-11(13)12(14)5-9/h3-7H,15H2,1-2H3. The van der Waals surface area contributed by atoms with Gasteiger partial charge in [0.05, 0.1) is 21.9 Å². The Kier molecular flexibility index (Phi) is 3.43. The molecule has 0 spiro atoms. The molecule has 1 aromatic heterocycles. The first-order chi connectivity index (χ1) is 8.00. The summed E-state index contributed by atoms with van der Waals surface area (Å²) in [7, 11) is 0. The molecular formula is C12H13Cl2N3. The number of aromatic nitrogens is 2. The zero-order valence-electron chi connectivity index (χ0n) is 9.61. The largest absolute Gasteiger partial charge is 0.324 e.